The van der Waals surface area contributed by atoms with Crippen molar-refractivity contribution in [1.29, 1.82) is 0 Å². The van der Waals surface area contributed by atoms with Gasteiger partial charge in [0.1, 0.15) is 16.4 Å². The fourth-order valence-corrected chi connectivity index (χ4v) is 5.73. The summed E-state index contributed by atoms with van der Waals surface area (Å²) in [4.78, 5) is 45.6. The van der Waals surface area contributed by atoms with E-state index < -0.39 is 23.7 Å². The molecule has 11 heteroatoms. The first-order chi connectivity index (χ1) is 21.1. The van der Waals surface area contributed by atoms with Crippen molar-refractivity contribution in [3.63, 3.8) is 0 Å². The molecule has 1 atom stereocenters. The van der Waals surface area contributed by atoms with Gasteiger partial charge in [0, 0.05) is 5.56 Å². The number of ketones is 1. The van der Waals surface area contributed by atoms with Crippen LogP contribution in [0.5, 0.6) is 17.2 Å². The Bertz CT molecular complexity index is 1560. The molecule has 0 radical (unpaired) electrons. The highest BCUT2D eigenvalue weighted by atomic mass is 32.1. The summed E-state index contributed by atoms with van der Waals surface area (Å²) in [6.45, 7) is 8.87. The van der Waals surface area contributed by atoms with Gasteiger partial charge in [0.2, 0.25) is 0 Å². The molecule has 1 saturated heterocycles. The van der Waals surface area contributed by atoms with Crippen molar-refractivity contribution in [3.8, 4) is 17.2 Å². The highest BCUT2D eigenvalue weighted by molar-refractivity contribution is 7.17. The Kier molecular flexibility index (Phi) is 10.6. The number of nitrogens with zero attached hydrogens (tertiary/aromatic N) is 2. The molecule has 1 N–H and O–H groups in total. The molecule has 1 unspecified atom stereocenters. The molecule has 234 valence electrons. The number of unbranched alkanes of at least 4 members (excludes halogenated alkanes) is 1. The van der Waals surface area contributed by atoms with Crippen LogP contribution < -0.4 is 19.1 Å². The lowest BCUT2D eigenvalue weighted by molar-refractivity contribution is -0.132. The highest BCUT2D eigenvalue weighted by Gasteiger charge is 2.48. The summed E-state index contributed by atoms with van der Waals surface area (Å²) in [6.07, 6.45) is 2.67. The zero-order valence-electron chi connectivity index (χ0n) is 25.8. The minimum Gasteiger partial charge on any atom is -0.507 e. The van der Waals surface area contributed by atoms with Gasteiger partial charge < -0.3 is 24.1 Å². The van der Waals surface area contributed by atoms with Crippen LogP contribution in [0.25, 0.3) is 5.76 Å². The van der Waals surface area contributed by atoms with Crippen molar-refractivity contribution >= 4 is 39.9 Å². The maximum atomic E-state index is 13.7. The van der Waals surface area contributed by atoms with Gasteiger partial charge in [-0.2, -0.15) is 0 Å². The number of amides is 1. The maximum Gasteiger partial charge on any atom is 0.350 e. The molecule has 0 saturated carbocycles. The molecular weight excluding hydrogens is 584 g/mol. The van der Waals surface area contributed by atoms with E-state index in [0.717, 1.165) is 30.6 Å². The predicted molar refractivity (Wildman–Crippen MR) is 168 cm³/mol. The van der Waals surface area contributed by atoms with Gasteiger partial charge in [0.05, 0.1) is 44.7 Å². The molecular formula is C33H38N2O8S. The zero-order valence-corrected chi connectivity index (χ0v) is 26.7. The SMILES string of the molecule is CCCCOc1cccc(C(O)=C2C(=O)C(=O)N(c3nc(C)c(C(=O)OC)s3)C2c2ccc(OCCC(C)C)c(OC)c2)c1. The van der Waals surface area contributed by atoms with Crippen LogP contribution in [-0.4, -0.2) is 55.2 Å². The molecule has 44 heavy (non-hydrogen) atoms. The number of anilines is 1. The van der Waals surface area contributed by atoms with Crippen LogP contribution in [0.2, 0.25) is 0 Å². The smallest absolute Gasteiger partial charge is 0.350 e. The first-order valence-electron chi connectivity index (χ1n) is 14.5. The van der Waals surface area contributed by atoms with Crippen molar-refractivity contribution in [1.82, 2.24) is 4.98 Å². The standard InChI is InChI=1S/C33H38N2O8S/c1-7-8-15-42-23-11-9-10-22(17-23)28(36)26-27(21-12-13-24(25(18-21)40-5)43-16-14-19(2)3)35(31(38)29(26)37)33-34-20(4)30(44-33)32(39)41-6/h9-13,17-19,27,36H,7-8,14-16H2,1-6H3. The summed E-state index contributed by atoms with van der Waals surface area (Å²) < 4.78 is 22.3. The summed E-state index contributed by atoms with van der Waals surface area (Å²) in [5.41, 5.74) is 0.999. The van der Waals surface area contributed by atoms with Crippen molar-refractivity contribution < 1.29 is 38.4 Å². The minimum atomic E-state index is -1.09. The Morgan fingerprint density at radius 3 is 2.52 bits per heavy atom. The van der Waals surface area contributed by atoms with Gasteiger partial charge in [-0.1, -0.05) is 56.7 Å². The van der Waals surface area contributed by atoms with Crippen molar-refractivity contribution in [2.75, 3.05) is 32.3 Å². The average molecular weight is 623 g/mol. The third kappa shape index (κ3) is 6.88. The predicted octanol–water partition coefficient (Wildman–Crippen LogP) is 6.48. The van der Waals surface area contributed by atoms with E-state index in [1.807, 2.05) is 0 Å². The van der Waals surface area contributed by atoms with E-state index in [0.29, 0.717) is 53.2 Å². The number of carbonyl (C=O) groups is 3. The molecule has 10 nitrogen and oxygen atoms in total. The summed E-state index contributed by atoms with van der Waals surface area (Å²) in [5.74, 6) is -0.888. The number of carbonyl (C=O) groups excluding carboxylic acids is 3. The molecule has 1 aliphatic rings. The van der Waals surface area contributed by atoms with Gasteiger partial charge in [0.15, 0.2) is 16.6 Å². The first kappa shape index (κ1) is 32.5. The quantitative estimate of drug-likeness (QED) is 0.0750. The summed E-state index contributed by atoms with van der Waals surface area (Å²) in [7, 11) is 2.76. The Morgan fingerprint density at radius 1 is 1.07 bits per heavy atom. The van der Waals surface area contributed by atoms with Crippen LogP contribution in [0.3, 0.4) is 0 Å². The molecule has 0 bridgehead atoms. The van der Waals surface area contributed by atoms with Crippen LogP contribution in [0.4, 0.5) is 5.13 Å². The van der Waals surface area contributed by atoms with E-state index in [1.165, 1.54) is 19.1 Å². The number of ether oxygens (including phenoxy) is 4. The number of thiazole rings is 1. The number of aliphatic hydroxyl groups excluding tert-OH is 1. The van der Waals surface area contributed by atoms with Crippen LogP contribution >= 0.6 is 11.3 Å². The zero-order chi connectivity index (χ0) is 32.0. The van der Waals surface area contributed by atoms with Crippen LogP contribution in [0.1, 0.15) is 72.6 Å². The second-order valence-electron chi connectivity index (χ2n) is 10.7. The lowest BCUT2D eigenvalue weighted by Crippen LogP contribution is -2.29. The largest absolute Gasteiger partial charge is 0.507 e. The molecule has 1 amide bonds. The van der Waals surface area contributed by atoms with Gasteiger partial charge in [0.25, 0.3) is 5.78 Å². The second-order valence-corrected chi connectivity index (χ2v) is 11.7. The van der Waals surface area contributed by atoms with Gasteiger partial charge in [-0.25, -0.2) is 9.78 Å². The van der Waals surface area contributed by atoms with Crippen LogP contribution in [0.15, 0.2) is 48.0 Å². The van der Waals surface area contributed by atoms with E-state index in [9.17, 15) is 19.5 Å². The number of aryl methyl sites for hydroxylation is 1. The minimum absolute atomic E-state index is 0.113. The Morgan fingerprint density at radius 2 is 1.84 bits per heavy atom. The van der Waals surface area contributed by atoms with Gasteiger partial charge in [-0.05, 0) is 55.5 Å². The fraction of sp³-hybridized carbons (Fsp3) is 0.394. The Hall–Kier alpha value is -4.38. The summed E-state index contributed by atoms with van der Waals surface area (Å²) in [5, 5.41) is 11.7. The maximum absolute atomic E-state index is 13.7. The number of rotatable bonds is 13. The number of hydrogen-bond acceptors (Lipinski definition) is 10. The molecule has 3 aromatic rings. The molecule has 1 aromatic heterocycles. The van der Waals surface area contributed by atoms with E-state index in [4.69, 9.17) is 18.9 Å². The number of aliphatic hydroxyl groups is 1. The molecule has 4 rings (SSSR count). The number of methoxy groups -OCH3 is 2. The van der Waals surface area contributed by atoms with Gasteiger partial charge in [-0.3, -0.25) is 14.5 Å². The van der Waals surface area contributed by atoms with Crippen molar-refractivity contribution in [2.45, 2.75) is 53.0 Å². The molecule has 1 aliphatic heterocycles. The van der Waals surface area contributed by atoms with Crippen molar-refractivity contribution in [3.05, 3.63) is 69.7 Å². The van der Waals surface area contributed by atoms with Crippen molar-refractivity contribution in [2.24, 2.45) is 5.92 Å². The molecule has 1 fully saturated rings. The van der Waals surface area contributed by atoms with E-state index >= 15 is 0 Å². The fourth-order valence-electron chi connectivity index (χ4n) is 4.71. The molecule has 2 heterocycles. The van der Waals surface area contributed by atoms with E-state index in [-0.39, 0.29) is 21.3 Å². The van der Waals surface area contributed by atoms with E-state index in [2.05, 4.69) is 25.8 Å². The molecule has 0 spiro atoms. The summed E-state index contributed by atoms with van der Waals surface area (Å²) >= 11 is 0.931. The average Bonchev–Trinajstić information content (AvgIpc) is 3.52. The molecule has 2 aromatic carbocycles. The van der Waals surface area contributed by atoms with Crippen LogP contribution in [0, 0.1) is 12.8 Å². The highest BCUT2D eigenvalue weighted by Crippen LogP contribution is 2.45. The lowest BCUT2D eigenvalue weighted by atomic mass is 9.95. The number of hydrogen-bond donors (Lipinski definition) is 1. The third-order valence-corrected chi connectivity index (χ3v) is 8.27. The first-order valence-corrected chi connectivity index (χ1v) is 15.3. The number of aromatic nitrogens is 1. The summed E-state index contributed by atoms with van der Waals surface area (Å²) in [6, 6.07) is 10.8. The second kappa shape index (κ2) is 14.4. The van der Waals surface area contributed by atoms with Gasteiger partial charge >= 0.3 is 11.9 Å². The van der Waals surface area contributed by atoms with Crippen LogP contribution in [-0.2, 0) is 14.3 Å². The number of esters is 1. The monoisotopic (exact) mass is 622 g/mol. The third-order valence-electron chi connectivity index (χ3n) is 7.14. The Balaban J connectivity index is 1.86. The lowest BCUT2D eigenvalue weighted by Gasteiger charge is -2.24. The number of Topliss-reactive ketones (excluding diaryl/α,β-unsaturated/α-hetero) is 1. The normalized spacial score (nSPS) is 16.0. The number of benzene rings is 2. The Labute approximate surface area is 261 Å². The topological polar surface area (TPSA) is 124 Å². The molecule has 0 aliphatic carbocycles. The van der Waals surface area contributed by atoms with E-state index in [1.54, 1.807) is 49.4 Å². The van der Waals surface area contributed by atoms with Gasteiger partial charge in [-0.15, -0.1) is 0 Å².